The van der Waals surface area contributed by atoms with Crippen LogP contribution in [0.4, 0.5) is 5.69 Å². The van der Waals surface area contributed by atoms with Gasteiger partial charge in [-0.2, -0.15) is 0 Å². The number of sulfone groups is 1. The van der Waals surface area contributed by atoms with Crippen molar-refractivity contribution in [1.29, 1.82) is 0 Å². The van der Waals surface area contributed by atoms with Gasteiger partial charge in [-0.1, -0.05) is 53.5 Å². The Balaban J connectivity index is 2.07. The smallest absolute Gasteiger partial charge is 0.244 e. The molecule has 2 aromatic carbocycles. The number of furan rings is 1. The molecule has 0 radical (unpaired) electrons. The molecule has 0 bridgehead atoms. The number of rotatable bonds is 3. The molecule has 4 rings (SSSR count). The van der Waals surface area contributed by atoms with Crippen LogP contribution in [0.5, 0.6) is 0 Å². The van der Waals surface area contributed by atoms with E-state index in [0.29, 0.717) is 26.7 Å². The van der Waals surface area contributed by atoms with Crippen molar-refractivity contribution in [2.24, 2.45) is 0 Å². The number of fused-ring (bicyclic) bond motifs is 1. The lowest BCUT2D eigenvalue weighted by molar-refractivity contribution is 0.465. The van der Waals surface area contributed by atoms with Gasteiger partial charge in [0.2, 0.25) is 20.6 Å². The first kappa shape index (κ1) is 21.7. The summed E-state index contributed by atoms with van der Waals surface area (Å²) in [5.74, 6) is 0. The van der Waals surface area contributed by atoms with Crippen LogP contribution in [0, 0.1) is 0 Å². The topological polar surface area (TPSA) is 86.2 Å². The van der Waals surface area contributed by atoms with Gasteiger partial charge >= 0.3 is 0 Å². The van der Waals surface area contributed by atoms with E-state index in [4.69, 9.17) is 33.4 Å². The van der Waals surface area contributed by atoms with Crippen LogP contribution in [0.1, 0.15) is 20.8 Å². The number of nitrogens with zero attached hydrogens (tertiary/aromatic N) is 1. The first-order valence-corrected chi connectivity index (χ1v) is 11.7. The normalized spacial score (nSPS) is 12.4. The summed E-state index contributed by atoms with van der Waals surface area (Å²) >= 11 is 12.5. The quantitative estimate of drug-likeness (QED) is 0.360. The highest BCUT2D eigenvalue weighted by Gasteiger charge is 2.37. The molecule has 5 nitrogen and oxygen atoms in total. The Morgan fingerprint density at radius 2 is 1.61 bits per heavy atom. The van der Waals surface area contributed by atoms with Crippen molar-refractivity contribution in [1.82, 2.24) is 4.98 Å². The minimum atomic E-state index is -3.81. The predicted octanol–water partition coefficient (Wildman–Crippen LogP) is 6.62. The summed E-state index contributed by atoms with van der Waals surface area (Å²) in [6, 6.07) is 16.3. The fourth-order valence-electron chi connectivity index (χ4n) is 3.21. The van der Waals surface area contributed by atoms with E-state index in [1.54, 1.807) is 45.0 Å². The third-order valence-electron chi connectivity index (χ3n) is 5.02. The molecular weight excluding hydrogens is 455 g/mol. The maximum atomic E-state index is 13.0. The molecule has 0 saturated heterocycles. The van der Waals surface area contributed by atoms with Crippen LogP contribution in [0.25, 0.3) is 33.5 Å². The second-order valence-corrected chi connectivity index (χ2v) is 11.6. The predicted molar refractivity (Wildman–Crippen MR) is 126 cm³/mol. The third kappa shape index (κ3) is 3.69. The van der Waals surface area contributed by atoms with E-state index >= 15 is 0 Å². The molecular formula is C23H20Cl2N2O3S. The van der Waals surface area contributed by atoms with E-state index in [1.807, 2.05) is 30.3 Å². The zero-order chi connectivity index (χ0) is 22.6. The van der Waals surface area contributed by atoms with Crippen LogP contribution in [0.3, 0.4) is 0 Å². The van der Waals surface area contributed by atoms with Crippen molar-refractivity contribution in [3.8, 4) is 22.4 Å². The average Bonchev–Trinajstić information content (AvgIpc) is 3.04. The number of hydrogen-bond acceptors (Lipinski definition) is 5. The standard InChI is InChI=1S/C23H20Cl2N2O3S/c1-23(2,3)31(28,29)22-19(26)17-12-16(13-8-10-14(24)11-9-13)20(27-21(17)30-22)15-6-4-5-7-18(15)25/h4-12H,26H2,1-3H3. The lowest BCUT2D eigenvalue weighted by Gasteiger charge is -2.17. The maximum Gasteiger partial charge on any atom is 0.244 e. The Morgan fingerprint density at radius 1 is 0.968 bits per heavy atom. The van der Waals surface area contributed by atoms with Crippen LogP contribution in [-0.2, 0) is 9.84 Å². The van der Waals surface area contributed by atoms with Crippen molar-refractivity contribution < 1.29 is 12.8 Å². The van der Waals surface area contributed by atoms with Crippen molar-refractivity contribution >= 4 is 49.8 Å². The molecule has 8 heteroatoms. The molecule has 31 heavy (non-hydrogen) atoms. The zero-order valence-electron chi connectivity index (χ0n) is 17.1. The van der Waals surface area contributed by atoms with Gasteiger partial charge in [0.15, 0.2) is 0 Å². The van der Waals surface area contributed by atoms with E-state index in [9.17, 15) is 8.42 Å². The molecule has 2 heterocycles. The first-order chi connectivity index (χ1) is 14.5. The second-order valence-electron chi connectivity index (χ2n) is 8.14. The Morgan fingerprint density at radius 3 is 2.23 bits per heavy atom. The largest absolute Gasteiger partial charge is 0.424 e. The third-order valence-corrected chi connectivity index (χ3v) is 8.01. The van der Waals surface area contributed by atoms with Crippen molar-refractivity contribution in [3.05, 3.63) is 64.6 Å². The molecule has 0 aliphatic heterocycles. The Labute approximate surface area is 190 Å². The molecule has 2 aromatic heterocycles. The molecule has 0 saturated carbocycles. The minimum absolute atomic E-state index is 0.0401. The van der Waals surface area contributed by atoms with Gasteiger partial charge in [-0.25, -0.2) is 13.4 Å². The SMILES string of the molecule is CC(C)(C)S(=O)(=O)c1oc2nc(-c3ccccc3Cl)c(-c3ccc(Cl)cc3)cc2c1N. The fourth-order valence-corrected chi connectivity index (χ4v) is 4.70. The molecule has 0 unspecified atom stereocenters. The van der Waals surface area contributed by atoms with Crippen LogP contribution in [0.15, 0.2) is 64.1 Å². The van der Waals surface area contributed by atoms with Crippen LogP contribution < -0.4 is 5.73 Å². The van der Waals surface area contributed by atoms with Crippen molar-refractivity contribution in [2.45, 2.75) is 30.6 Å². The molecule has 0 aliphatic rings. The van der Waals surface area contributed by atoms with Crippen molar-refractivity contribution in [3.63, 3.8) is 0 Å². The summed E-state index contributed by atoms with van der Waals surface area (Å²) in [6.07, 6.45) is 0. The van der Waals surface area contributed by atoms with Gasteiger partial charge in [0, 0.05) is 21.2 Å². The molecule has 0 aliphatic carbocycles. The fraction of sp³-hybridized carbons (Fsp3) is 0.174. The number of hydrogen-bond donors (Lipinski definition) is 1. The van der Waals surface area contributed by atoms with E-state index in [1.165, 1.54) is 0 Å². The number of anilines is 1. The number of aromatic nitrogens is 1. The molecule has 4 aromatic rings. The highest BCUT2D eigenvalue weighted by atomic mass is 35.5. The van der Waals surface area contributed by atoms with Gasteiger partial charge in [-0.3, -0.25) is 0 Å². The summed E-state index contributed by atoms with van der Waals surface area (Å²) < 4.78 is 30.6. The van der Waals surface area contributed by atoms with E-state index in [2.05, 4.69) is 4.98 Å². The maximum absolute atomic E-state index is 13.0. The van der Waals surface area contributed by atoms with E-state index < -0.39 is 14.6 Å². The number of benzene rings is 2. The van der Waals surface area contributed by atoms with Gasteiger partial charge < -0.3 is 10.2 Å². The lowest BCUT2D eigenvalue weighted by Crippen LogP contribution is -2.28. The molecule has 160 valence electrons. The summed E-state index contributed by atoms with van der Waals surface area (Å²) in [5, 5.41) is 1.24. The number of pyridine rings is 1. The minimum Gasteiger partial charge on any atom is -0.424 e. The van der Waals surface area contributed by atoms with E-state index in [-0.39, 0.29) is 16.5 Å². The Hall–Kier alpha value is -2.54. The number of halogens is 2. The molecule has 0 fully saturated rings. The molecule has 0 spiro atoms. The molecule has 0 amide bonds. The molecule has 0 atom stereocenters. The molecule has 2 N–H and O–H groups in total. The Kier molecular flexibility index (Phi) is 5.28. The van der Waals surface area contributed by atoms with Crippen LogP contribution in [0.2, 0.25) is 10.0 Å². The summed E-state index contributed by atoms with van der Waals surface area (Å²) in [4.78, 5) is 4.65. The lowest BCUT2D eigenvalue weighted by atomic mass is 9.98. The first-order valence-electron chi connectivity index (χ1n) is 9.49. The van der Waals surface area contributed by atoms with E-state index in [0.717, 1.165) is 11.1 Å². The second kappa shape index (κ2) is 7.55. The number of nitrogen functional groups attached to an aromatic ring is 1. The van der Waals surface area contributed by atoms with Gasteiger partial charge in [0.25, 0.3) is 0 Å². The Bertz CT molecular complexity index is 1400. The monoisotopic (exact) mass is 474 g/mol. The van der Waals surface area contributed by atoms with Crippen LogP contribution >= 0.6 is 23.2 Å². The van der Waals surface area contributed by atoms with Crippen molar-refractivity contribution in [2.75, 3.05) is 5.73 Å². The van der Waals surface area contributed by atoms with Gasteiger partial charge in [-0.05, 0) is 50.6 Å². The highest BCUT2D eigenvalue weighted by Crippen LogP contribution is 2.42. The van der Waals surface area contributed by atoms with Gasteiger partial charge in [-0.15, -0.1) is 0 Å². The van der Waals surface area contributed by atoms with Gasteiger partial charge in [0.1, 0.15) is 0 Å². The summed E-state index contributed by atoms with van der Waals surface area (Å²) in [5.41, 5.74) is 9.21. The summed E-state index contributed by atoms with van der Waals surface area (Å²) in [7, 11) is -3.81. The number of nitrogens with two attached hydrogens (primary N) is 1. The van der Waals surface area contributed by atoms with Crippen LogP contribution in [-0.4, -0.2) is 18.1 Å². The van der Waals surface area contributed by atoms with Gasteiger partial charge in [0.05, 0.1) is 21.5 Å². The zero-order valence-corrected chi connectivity index (χ0v) is 19.4. The summed E-state index contributed by atoms with van der Waals surface area (Å²) in [6.45, 7) is 4.78. The highest BCUT2D eigenvalue weighted by molar-refractivity contribution is 7.92. The average molecular weight is 475 g/mol.